The van der Waals surface area contributed by atoms with Crippen molar-refractivity contribution in [1.29, 1.82) is 0 Å². The predicted molar refractivity (Wildman–Crippen MR) is 115 cm³/mol. The highest BCUT2D eigenvalue weighted by Crippen LogP contribution is 2.34. The predicted octanol–water partition coefficient (Wildman–Crippen LogP) is 4.03. The van der Waals surface area contributed by atoms with Crippen LogP contribution in [0.2, 0.25) is 0 Å². The lowest BCUT2D eigenvalue weighted by atomic mass is 10.2. The molecule has 8 heteroatoms. The topological polar surface area (TPSA) is 65.1 Å². The van der Waals surface area contributed by atoms with Gasteiger partial charge in [-0.1, -0.05) is 43.4 Å². The molecular weight excluding hydrogens is 398 g/mol. The van der Waals surface area contributed by atoms with E-state index in [1.54, 1.807) is 32.4 Å². The zero-order valence-corrected chi connectivity index (χ0v) is 18.0. The summed E-state index contributed by atoms with van der Waals surface area (Å²) in [6.45, 7) is 2.89. The number of benzene rings is 1. The molecule has 1 amide bonds. The average Bonchev–Trinajstić information content (AvgIpc) is 2.95. The molecule has 0 N–H and O–H groups in total. The number of methoxy groups -OCH3 is 2. The van der Waals surface area contributed by atoms with E-state index >= 15 is 0 Å². The summed E-state index contributed by atoms with van der Waals surface area (Å²) >= 11 is 6.59. The Morgan fingerprint density at radius 2 is 1.96 bits per heavy atom. The van der Waals surface area contributed by atoms with Crippen molar-refractivity contribution in [3.05, 3.63) is 28.7 Å². The molecule has 1 heterocycles. The lowest BCUT2D eigenvalue weighted by molar-refractivity contribution is -0.144. The Labute approximate surface area is 175 Å². The van der Waals surface area contributed by atoms with Crippen LogP contribution < -0.4 is 9.47 Å². The Morgan fingerprint density at radius 1 is 1.21 bits per heavy atom. The fourth-order valence-electron chi connectivity index (χ4n) is 2.57. The molecule has 2 rings (SSSR count). The Morgan fingerprint density at radius 3 is 2.64 bits per heavy atom. The average molecular weight is 424 g/mol. The number of unbranched alkanes of at least 4 members (excludes halogenated alkanes) is 1. The lowest BCUT2D eigenvalue weighted by Crippen LogP contribution is -2.29. The van der Waals surface area contributed by atoms with E-state index in [4.69, 9.17) is 26.4 Å². The highest BCUT2D eigenvalue weighted by atomic mass is 32.2. The fourth-order valence-corrected chi connectivity index (χ4v) is 3.88. The summed E-state index contributed by atoms with van der Waals surface area (Å²) in [5, 5.41) is 0. The molecular formula is C20H25NO5S2. The lowest BCUT2D eigenvalue weighted by Gasteiger charge is -2.13. The molecule has 0 atom stereocenters. The molecule has 0 aromatic heterocycles. The van der Waals surface area contributed by atoms with E-state index in [0.29, 0.717) is 40.3 Å². The molecule has 0 aliphatic carbocycles. The van der Waals surface area contributed by atoms with Gasteiger partial charge in [0.25, 0.3) is 5.91 Å². The number of carbonyl (C=O) groups is 2. The van der Waals surface area contributed by atoms with Crippen LogP contribution in [0, 0.1) is 0 Å². The van der Waals surface area contributed by atoms with Gasteiger partial charge in [-0.25, -0.2) is 0 Å². The Bertz CT molecular complexity index is 763. The highest BCUT2D eigenvalue weighted by Gasteiger charge is 2.31. The second-order valence-corrected chi connectivity index (χ2v) is 7.80. The quantitative estimate of drug-likeness (QED) is 0.244. The molecule has 0 radical (unpaired) electrons. The molecule has 0 spiro atoms. The Kier molecular flexibility index (Phi) is 8.79. The number of ether oxygens (including phenoxy) is 3. The van der Waals surface area contributed by atoms with Crippen molar-refractivity contribution in [3.63, 3.8) is 0 Å². The minimum Gasteiger partial charge on any atom is -0.493 e. The van der Waals surface area contributed by atoms with Crippen LogP contribution in [-0.2, 0) is 14.3 Å². The first-order chi connectivity index (χ1) is 13.5. The van der Waals surface area contributed by atoms with Gasteiger partial charge in [0.15, 0.2) is 11.5 Å². The summed E-state index contributed by atoms with van der Waals surface area (Å²) in [5.41, 5.74) is 0.817. The van der Waals surface area contributed by atoms with Gasteiger partial charge < -0.3 is 14.2 Å². The van der Waals surface area contributed by atoms with Gasteiger partial charge >= 0.3 is 5.97 Å². The molecule has 0 bridgehead atoms. The molecule has 1 aromatic carbocycles. The van der Waals surface area contributed by atoms with Crippen LogP contribution in [-0.4, -0.2) is 48.5 Å². The first-order valence-corrected chi connectivity index (χ1v) is 10.4. The van der Waals surface area contributed by atoms with Gasteiger partial charge in [-0.3, -0.25) is 14.5 Å². The molecule has 28 heavy (non-hydrogen) atoms. The summed E-state index contributed by atoms with van der Waals surface area (Å²) in [6, 6.07) is 5.44. The van der Waals surface area contributed by atoms with E-state index in [0.717, 1.165) is 18.4 Å². The SMILES string of the molecule is CCCCOC(=O)CCCN1C(=O)/C(=C/c2ccc(OC)c(OC)c2)SC1=S. The number of hydrogen-bond acceptors (Lipinski definition) is 7. The van der Waals surface area contributed by atoms with Crippen molar-refractivity contribution in [1.82, 2.24) is 4.90 Å². The number of amides is 1. The largest absolute Gasteiger partial charge is 0.493 e. The third-order valence-electron chi connectivity index (χ3n) is 4.10. The van der Waals surface area contributed by atoms with Crippen LogP contribution in [0.4, 0.5) is 0 Å². The smallest absolute Gasteiger partial charge is 0.305 e. The minimum atomic E-state index is -0.236. The van der Waals surface area contributed by atoms with E-state index in [2.05, 4.69) is 0 Å². The van der Waals surface area contributed by atoms with Crippen molar-refractivity contribution in [2.45, 2.75) is 32.6 Å². The van der Waals surface area contributed by atoms with Gasteiger partial charge in [0, 0.05) is 13.0 Å². The van der Waals surface area contributed by atoms with Gasteiger partial charge in [0.1, 0.15) is 4.32 Å². The Hall–Kier alpha value is -2.06. The standard InChI is InChI=1S/C20H25NO5S2/c1-4-5-11-26-18(22)7-6-10-21-19(23)17(28-20(21)27)13-14-8-9-15(24-2)16(12-14)25-3/h8-9,12-13H,4-7,10-11H2,1-3H3/b17-13-. The summed E-state index contributed by atoms with van der Waals surface area (Å²) < 4.78 is 16.1. The van der Waals surface area contributed by atoms with Gasteiger partial charge in [0.05, 0.1) is 25.7 Å². The van der Waals surface area contributed by atoms with Gasteiger partial charge in [-0.2, -0.15) is 0 Å². The number of esters is 1. The van der Waals surface area contributed by atoms with E-state index in [-0.39, 0.29) is 18.3 Å². The second kappa shape index (κ2) is 11.1. The molecule has 1 aromatic rings. The molecule has 1 aliphatic rings. The third-order valence-corrected chi connectivity index (χ3v) is 5.48. The summed E-state index contributed by atoms with van der Waals surface area (Å²) in [6.07, 6.45) is 4.41. The highest BCUT2D eigenvalue weighted by molar-refractivity contribution is 8.26. The molecule has 0 saturated carbocycles. The van der Waals surface area contributed by atoms with Crippen molar-refractivity contribution < 1.29 is 23.8 Å². The van der Waals surface area contributed by atoms with Crippen molar-refractivity contribution in [2.24, 2.45) is 0 Å². The van der Waals surface area contributed by atoms with Gasteiger partial charge in [-0.15, -0.1) is 0 Å². The summed E-state index contributed by atoms with van der Waals surface area (Å²) in [5.74, 6) is 0.829. The molecule has 1 saturated heterocycles. The van der Waals surface area contributed by atoms with E-state index < -0.39 is 0 Å². The molecule has 6 nitrogen and oxygen atoms in total. The zero-order valence-electron chi connectivity index (χ0n) is 16.4. The Balaban J connectivity index is 1.95. The number of carbonyl (C=O) groups excluding carboxylic acids is 2. The number of thiocarbonyl (C=S) groups is 1. The maximum atomic E-state index is 12.7. The van der Waals surface area contributed by atoms with Crippen LogP contribution in [0.5, 0.6) is 11.5 Å². The number of nitrogens with zero attached hydrogens (tertiary/aromatic N) is 1. The maximum Gasteiger partial charge on any atom is 0.305 e. The van der Waals surface area contributed by atoms with Crippen LogP contribution in [0.1, 0.15) is 38.2 Å². The van der Waals surface area contributed by atoms with Crippen LogP contribution >= 0.6 is 24.0 Å². The molecule has 152 valence electrons. The van der Waals surface area contributed by atoms with E-state index in [1.165, 1.54) is 16.7 Å². The normalized spacial score (nSPS) is 15.2. The number of thioether (sulfide) groups is 1. The first-order valence-electron chi connectivity index (χ1n) is 9.13. The molecule has 1 fully saturated rings. The van der Waals surface area contributed by atoms with E-state index in [9.17, 15) is 9.59 Å². The minimum absolute atomic E-state index is 0.149. The fraction of sp³-hybridized carbons (Fsp3) is 0.450. The van der Waals surface area contributed by atoms with E-state index in [1.807, 2.05) is 13.0 Å². The number of rotatable bonds is 10. The summed E-state index contributed by atoms with van der Waals surface area (Å²) in [7, 11) is 3.14. The van der Waals surface area contributed by atoms with Gasteiger partial charge in [-0.05, 0) is 36.6 Å². The number of hydrogen-bond donors (Lipinski definition) is 0. The molecule has 0 unspecified atom stereocenters. The van der Waals surface area contributed by atoms with Gasteiger partial charge in [0.2, 0.25) is 0 Å². The molecule has 1 aliphatic heterocycles. The van der Waals surface area contributed by atoms with Crippen LogP contribution in [0.3, 0.4) is 0 Å². The second-order valence-electron chi connectivity index (χ2n) is 6.13. The first kappa shape index (κ1) is 22.2. The van der Waals surface area contributed by atoms with Crippen molar-refractivity contribution in [3.8, 4) is 11.5 Å². The zero-order chi connectivity index (χ0) is 20.5. The monoisotopic (exact) mass is 423 g/mol. The van der Waals surface area contributed by atoms with Crippen LogP contribution in [0.25, 0.3) is 6.08 Å². The van der Waals surface area contributed by atoms with Crippen molar-refractivity contribution >= 4 is 46.3 Å². The van der Waals surface area contributed by atoms with Crippen molar-refractivity contribution in [2.75, 3.05) is 27.4 Å². The maximum absolute atomic E-state index is 12.7. The third kappa shape index (κ3) is 5.97. The van der Waals surface area contributed by atoms with Crippen LogP contribution in [0.15, 0.2) is 23.1 Å². The summed E-state index contributed by atoms with van der Waals surface area (Å²) in [4.78, 5) is 26.4.